The molecule has 1 saturated carbocycles. The summed E-state index contributed by atoms with van der Waals surface area (Å²) >= 11 is 0. The number of hydrogen-bond acceptors (Lipinski definition) is 4. The third-order valence-corrected chi connectivity index (χ3v) is 5.62. The average molecular weight is 369 g/mol. The zero-order valence-electron chi connectivity index (χ0n) is 15.4. The van der Waals surface area contributed by atoms with Crippen molar-refractivity contribution in [3.8, 4) is 0 Å². The minimum atomic E-state index is -0.858. The number of carbonyl (C=O) groups excluding carboxylic acids is 4. The molecule has 1 saturated heterocycles. The van der Waals surface area contributed by atoms with Gasteiger partial charge in [-0.1, -0.05) is 12.1 Å². The molecule has 4 rings (SSSR count). The second kappa shape index (κ2) is 6.79. The summed E-state index contributed by atoms with van der Waals surface area (Å²) in [4.78, 5) is 55.0. The van der Waals surface area contributed by atoms with Crippen LogP contribution < -0.4 is 0 Å². The molecule has 0 bridgehead atoms. The van der Waals surface area contributed by atoms with Crippen molar-refractivity contribution in [1.29, 1.82) is 0 Å². The summed E-state index contributed by atoms with van der Waals surface area (Å²) < 4.78 is 0. The Morgan fingerprint density at radius 1 is 0.926 bits per heavy atom. The first-order valence-electron chi connectivity index (χ1n) is 9.53. The van der Waals surface area contributed by atoms with Crippen LogP contribution in [-0.4, -0.2) is 70.5 Å². The molecule has 0 radical (unpaired) electrons. The molecule has 7 heteroatoms. The van der Waals surface area contributed by atoms with E-state index in [0.717, 1.165) is 17.7 Å². The third kappa shape index (κ3) is 3.11. The molecule has 7 nitrogen and oxygen atoms in total. The van der Waals surface area contributed by atoms with E-state index in [9.17, 15) is 19.2 Å². The van der Waals surface area contributed by atoms with Crippen molar-refractivity contribution in [3.63, 3.8) is 0 Å². The van der Waals surface area contributed by atoms with Crippen LogP contribution in [0.1, 0.15) is 46.9 Å². The topological polar surface area (TPSA) is 78.0 Å². The lowest BCUT2D eigenvalue weighted by Gasteiger charge is -2.28. The predicted octanol–water partition coefficient (Wildman–Crippen LogP) is 1.14. The molecule has 1 aromatic carbocycles. The number of benzene rings is 1. The van der Waals surface area contributed by atoms with E-state index in [4.69, 9.17) is 0 Å². The summed E-state index contributed by atoms with van der Waals surface area (Å²) in [6.07, 6.45) is 2.64. The zero-order chi connectivity index (χ0) is 19.1. The van der Waals surface area contributed by atoms with Gasteiger partial charge in [0.15, 0.2) is 0 Å². The Morgan fingerprint density at radius 2 is 1.48 bits per heavy atom. The van der Waals surface area contributed by atoms with Gasteiger partial charge >= 0.3 is 0 Å². The van der Waals surface area contributed by atoms with Gasteiger partial charge in [-0.05, 0) is 38.3 Å². The van der Waals surface area contributed by atoms with Crippen LogP contribution in [0.5, 0.6) is 0 Å². The Kier molecular flexibility index (Phi) is 4.45. The standard InChI is InChI=1S/C20H23N3O4/c1-13(23-19(26)15-5-2-3-6-16(15)20(23)27)17(24)21-9-4-10-22(12-11-21)18(25)14-7-8-14/h2-3,5-6,13-14H,4,7-12H2,1H3. The molecule has 0 spiro atoms. The second-order valence-corrected chi connectivity index (χ2v) is 7.48. The lowest BCUT2D eigenvalue weighted by Crippen LogP contribution is -2.50. The van der Waals surface area contributed by atoms with Crippen LogP contribution in [0, 0.1) is 5.92 Å². The number of carbonyl (C=O) groups is 4. The quantitative estimate of drug-likeness (QED) is 0.749. The van der Waals surface area contributed by atoms with Crippen molar-refractivity contribution in [2.75, 3.05) is 26.2 Å². The summed E-state index contributed by atoms with van der Waals surface area (Å²) in [5, 5.41) is 0. The maximum absolute atomic E-state index is 13.0. The minimum Gasteiger partial charge on any atom is -0.341 e. The van der Waals surface area contributed by atoms with E-state index in [-0.39, 0.29) is 17.7 Å². The Labute approximate surface area is 157 Å². The summed E-state index contributed by atoms with van der Waals surface area (Å²) in [5.41, 5.74) is 0.693. The number of amides is 4. The third-order valence-electron chi connectivity index (χ3n) is 5.62. The molecule has 1 atom stereocenters. The maximum atomic E-state index is 13.0. The number of rotatable bonds is 3. The van der Waals surface area contributed by atoms with E-state index >= 15 is 0 Å². The summed E-state index contributed by atoms with van der Waals surface area (Å²) in [7, 11) is 0. The highest BCUT2D eigenvalue weighted by Crippen LogP contribution is 2.31. The molecule has 27 heavy (non-hydrogen) atoms. The first-order valence-corrected chi connectivity index (χ1v) is 9.53. The molecular weight excluding hydrogens is 346 g/mol. The van der Waals surface area contributed by atoms with Gasteiger partial charge in [0.05, 0.1) is 11.1 Å². The highest BCUT2D eigenvalue weighted by molar-refractivity contribution is 6.22. The van der Waals surface area contributed by atoms with Gasteiger partial charge < -0.3 is 9.80 Å². The van der Waals surface area contributed by atoms with Crippen LogP contribution in [0.4, 0.5) is 0 Å². The van der Waals surface area contributed by atoms with Crippen molar-refractivity contribution >= 4 is 23.6 Å². The van der Waals surface area contributed by atoms with Crippen LogP contribution in [0.2, 0.25) is 0 Å². The van der Waals surface area contributed by atoms with Crippen molar-refractivity contribution in [1.82, 2.24) is 14.7 Å². The first kappa shape index (κ1) is 17.7. The number of nitrogens with zero attached hydrogens (tertiary/aromatic N) is 3. The van der Waals surface area contributed by atoms with Gasteiger partial charge in [-0.3, -0.25) is 24.1 Å². The molecule has 1 unspecified atom stereocenters. The van der Waals surface area contributed by atoms with Gasteiger partial charge in [0.1, 0.15) is 6.04 Å². The van der Waals surface area contributed by atoms with Crippen molar-refractivity contribution in [2.24, 2.45) is 5.92 Å². The van der Waals surface area contributed by atoms with Crippen molar-refractivity contribution in [2.45, 2.75) is 32.2 Å². The Hall–Kier alpha value is -2.70. The zero-order valence-corrected chi connectivity index (χ0v) is 15.4. The van der Waals surface area contributed by atoms with Crippen LogP contribution in [0.3, 0.4) is 0 Å². The van der Waals surface area contributed by atoms with E-state index in [1.165, 1.54) is 0 Å². The smallest absolute Gasteiger partial charge is 0.262 e. The van der Waals surface area contributed by atoms with Crippen LogP contribution in [0.15, 0.2) is 24.3 Å². The predicted molar refractivity (Wildman–Crippen MR) is 96.9 cm³/mol. The molecule has 3 aliphatic rings. The number of hydrogen-bond donors (Lipinski definition) is 0. The summed E-state index contributed by atoms with van der Waals surface area (Å²) in [6, 6.07) is 5.78. The first-order chi connectivity index (χ1) is 13.0. The number of imide groups is 1. The molecule has 142 valence electrons. The fourth-order valence-corrected chi connectivity index (χ4v) is 3.88. The van der Waals surface area contributed by atoms with E-state index < -0.39 is 17.9 Å². The van der Waals surface area contributed by atoms with Gasteiger partial charge in [0.2, 0.25) is 11.8 Å². The molecule has 2 aliphatic heterocycles. The maximum Gasteiger partial charge on any atom is 0.262 e. The number of fused-ring (bicyclic) bond motifs is 1. The minimum absolute atomic E-state index is 0.171. The van der Waals surface area contributed by atoms with Gasteiger partial charge in [-0.2, -0.15) is 0 Å². The molecule has 2 fully saturated rings. The monoisotopic (exact) mass is 369 g/mol. The second-order valence-electron chi connectivity index (χ2n) is 7.48. The Balaban J connectivity index is 1.44. The molecule has 4 amide bonds. The molecule has 0 aromatic heterocycles. The Morgan fingerprint density at radius 3 is 2.07 bits per heavy atom. The van der Waals surface area contributed by atoms with E-state index in [2.05, 4.69) is 0 Å². The Bertz CT molecular complexity index is 782. The molecular formula is C20H23N3O4. The van der Waals surface area contributed by atoms with Crippen LogP contribution in [-0.2, 0) is 9.59 Å². The molecule has 0 N–H and O–H groups in total. The summed E-state index contributed by atoms with van der Waals surface area (Å²) in [6.45, 7) is 3.73. The fourth-order valence-electron chi connectivity index (χ4n) is 3.88. The van der Waals surface area contributed by atoms with Gasteiger partial charge in [-0.25, -0.2) is 0 Å². The van der Waals surface area contributed by atoms with E-state index in [1.807, 2.05) is 4.90 Å². The van der Waals surface area contributed by atoms with Crippen LogP contribution in [0.25, 0.3) is 0 Å². The lowest BCUT2D eigenvalue weighted by atomic mass is 10.1. The van der Waals surface area contributed by atoms with Gasteiger partial charge in [0.25, 0.3) is 11.8 Å². The van der Waals surface area contributed by atoms with Gasteiger partial charge in [0, 0.05) is 32.1 Å². The largest absolute Gasteiger partial charge is 0.341 e. The molecule has 1 aromatic rings. The lowest BCUT2D eigenvalue weighted by molar-refractivity contribution is -0.136. The van der Waals surface area contributed by atoms with Crippen molar-refractivity contribution < 1.29 is 19.2 Å². The van der Waals surface area contributed by atoms with Crippen LogP contribution >= 0.6 is 0 Å². The highest BCUT2D eigenvalue weighted by Gasteiger charge is 2.42. The van der Waals surface area contributed by atoms with Crippen molar-refractivity contribution in [3.05, 3.63) is 35.4 Å². The molecule has 1 aliphatic carbocycles. The van der Waals surface area contributed by atoms with E-state index in [0.29, 0.717) is 43.7 Å². The fraction of sp³-hybridized carbons (Fsp3) is 0.500. The highest BCUT2D eigenvalue weighted by atomic mass is 16.2. The molecule has 2 heterocycles. The van der Waals surface area contributed by atoms with E-state index in [1.54, 1.807) is 36.1 Å². The summed E-state index contributed by atoms with van der Waals surface area (Å²) in [5.74, 6) is -0.721. The normalized spacial score (nSPS) is 21.1. The average Bonchev–Trinajstić information content (AvgIpc) is 3.50. The van der Waals surface area contributed by atoms with Gasteiger partial charge in [-0.15, -0.1) is 0 Å². The SMILES string of the molecule is CC(C(=O)N1CCCN(C(=O)C2CC2)CC1)N1C(=O)c2ccccc2C1=O.